The van der Waals surface area contributed by atoms with Crippen LogP contribution in [0.5, 0.6) is 11.5 Å². The van der Waals surface area contributed by atoms with Gasteiger partial charge in [0.2, 0.25) is 12.7 Å². The molecule has 0 unspecified atom stereocenters. The number of hydrogen-bond acceptors (Lipinski definition) is 5. The normalized spacial score (nSPS) is 23.3. The molecule has 1 aliphatic carbocycles. The zero-order valence-electron chi connectivity index (χ0n) is 13.0. The zero-order chi connectivity index (χ0) is 16.9. The lowest BCUT2D eigenvalue weighted by Crippen LogP contribution is -2.19. The van der Waals surface area contributed by atoms with Gasteiger partial charge in [0, 0.05) is 11.6 Å². The summed E-state index contributed by atoms with van der Waals surface area (Å²) in [6, 6.07) is 3.05. The van der Waals surface area contributed by atoms with Gasteiger partial charge >= 0.3 is 5.97 Å². The molecule has 2 atom stereocenters. The van der Waals surface area contributed by atoms with Crippen molar-refractivity contribution < 1.29 is 29.0 Å². The molecule has 1 aliphatic heterocycles. The van der Waals surface area contributed by atoms with Crippen LogP contribution in [0.15, 0.2) is 12.1 Å². The molecule has 1 amide bonds. The molecule has 23 heavy (non-hydrogen) atoms. The first-order valence-electron chi connectivity index (χ1n) is 7.21. The van der Waals surface area contributed by atoms with Crippen LogP contribution in [0.25, 0.3) is 0 Å². The number of anilines is 1. The van der Waals surface area contributed by atoms with Gasteiger partial charge in [-0.05, 0) is 18.4 Å². The van der Waals surface area contributed by atoms with Gasteiger partial charge in [-0.1, -0.05) is 13.8 Å². The lowest BCUT2D eigenvalue weighted by atomic mass is 10.1. The predicted molar refractivity (Wildman–Crippen MR) is 79.6 cm³/mol. The van der Waals surface area contributed by atoms with Crippen LogP contribution in [0, 0.1) is 17.3 Å². The number of benzene rings is 1. The summed E-state index contributed by atoms with van der Waals surface area (Å²) in [5.41, 5.74) is -0.00523. The quantitative estimate of drug-likeness (QED) is 0.822. The number of carboxylic acid groups (broad SMARTS) is 1. The standard InChI is InChI=1S/C16H17NO6/c1-7(18)8-4-10-11(23-6-22-10)5-9(8)17-14(19)12-13(15(20)21)16(12,2)3/h4-5,12-13H,6H2,1-3H3,(H,17,19)(H,20,21)/t12-,13-/m1/s1. The fourth-order valence-electron chi connectivity index (χ4n) is 3.14. The summed E-state index contributed by atoms with van der Waals surface area (Å²) in [5.74, 6) is -2.11. The lowest BCUT2D eigenvalue weighted by Gasteiger charge is -2.11. The Hall–Kier alpha value is -2.57. The summed E-state index contributed by atoms with van der Waals surface area (Å²) in [6.07, 6.45) is 0. The maximum Gasteiger partial charge on any atom is 0.307 e. The van der Waals surface area contributed by atoms with Crippen LogP contribution >= 0.6 is 0 Å². The molecule has 7 nitrogen and oxygen atoms in total. The molecule has 3 rings (SSSR count). The highest BCUT2D eigenvalue weighted by atomic mass is 16.7. The molecule has 0 aromatic heterocycles. The molecule has 0 radical (unpaired) electrons. The summed E-state index contributed by atoms with van der Waals surface area (Å²) < 4.78 is 10.5. The summed E-state index contributed by atoms with van der Waals surface area (Å²) >= 11 is 0. The van der Waals surface area contributed by atoms with Gasteiger partial charge in [-0.3, -0.25) is 14.4 Å². The molecule has 1 saturated carbocycles. The van der Waals surface area contributed by atoms with E-state index in [-0.39, 0.29) is 12.6 Å². The van der Waals surface area contributed by atoms with Gasteiger partial charge in [0.05, 0.1) is 17.5 Å². The largest absolute Gasteiger partial charge is 0.481 e. The molecule has 7 heteroatoms. The minimum Gasteiger partial charge on any atom is -0.481 e. The number of ether oxygens (including phenoxy) is 2. The fourth-order valence-corrected chi connectivity index (χ4v) is 3.14. The van der Waals surface area contributed by atoms with E-state index >= 15 is 0 Å². The molecule has 1 fully saturated rings. The third kappa shape index (κ3) is 2.42. The second kappa shape index (κ2) is 4.97. The Bertz CT molecular complexity index is 724. The van der Waals surface area contributed by atoms with Crippen molar-refractivity contribution >= 4 is 23.3 Å². The second-order valence-corrected chi connectivity index (χ2v) is 6.41. The summed E-state index contributed by atoms with van der Waals surface area (Å²) in [4.78, 5) is 35.4. The summed E-state index contributed by atoms with van der Waals surface area (Å²) in [5, 5.41) is 11.8. The van der Waals surface area contributed by atoms with E-state index in [2.05, 4.69) is 5.32 Å². The van der Waals surface area contributed by atoms with Crippen LogP contribution in [-0.4, -0.2) is 29.6 Å². The highest BCUT2D eigenvalue weighted by Gasteiger charge is 2.65. The van der Waals surface area contributed by atoms with Crippen LogP contribution in [-0.2, 0) is 9.59 Å². The Kier molecular flexibility index (Phi) is 3.31. The number of aliphatic carboxylic acids is 1. The van der Waals surface area contributed by atoms with E-state index in [0.29, 0.717) is 22.7 Å². The summed E-state index contributed by atoms with van der Waals surface area (Å²) in [7, 11) is 0. The molecule has 0 saturated heterocycles. The lowest BCUT2D eigenvalue weighted by molar-refractivity contribution is -0.140. The van der Waals surface area contributed by atoms with Gasteiger partial charge in [-0.25, -0.2) is 0 Å². The van der Waals surface area contributed by atoms with Crippen molar-refractivity contribution in [3.05, 3.63) is 17.7 Å². The number of carbonyl (C=O) groups excluding carboxylic acids is 2. The Morgan fingerprint density at radius 2 is 1.78 bits per heavy atom. The van der Waals surface area contributed by atoms with E-state index in [4.69, 9.17) is 9.47 Å². The number of Topliss-reactive ketones (excluding diaryl/α,β-unsaturated/α-hetero) is 1. The maximum atomic E-state index is 12.4. The molecule has 122 valence electrons. The third-order valence-electron chi connectivity index (χ3n) is 4.53. The first-order chi connectivity index (χ1) is 10.7. The molecule has 2 aliphatic rings. The van der Waals surface area contributed by atoms with Crippen molar-refractivity contribution in [2.24, 2.45) is 17.3 Å². The topological polar surface area (TPSA) is 102 Å². The van der Waals surface area contributed by atoms with Gasteiger partial charge < -0.3 is 19.9 Å². The van der Waals surface area contributed by atoms with Gasteiger partial charge in [0.1, 0.15) is 0 Å². The highest BCUT2D eigenvalue weighted by Crippen LogP contribution is 2.58. The Labute approximate surface area is 132 Å². The summed E-state index contributed by atoms with van der Waals surface area (Å²) in [6.45, 7) is 4.91. The van der Waals surface area contributed by atoms with Crippen molar-refractivity contribution in [3.8, 4) is 11.5 Å². The Morgan fingerprint density at radius 1 is 1.17 bits per heavy atom. The molecule has 1 aromatic carbocycles. The molecular formula is C16H17NO6. The fraction of sp³-hybridized carbons (Fsp3) is 0.438. The number of carboxylic acids is 1. The van der Waals surface area contributed by atoms with Crippen LogP contribution in [0.2, 0.25) is 0 Å². The van der Waals surface area contributed by atoms with Crippen molar-refractivity contribution in [3.63, 3.8) is 0 Å². The van der Waals surface area contributed by atoms with Crippen molar-refractivity contribution in [2.75, 3.05) is 12.1 Å². The van der Waals surface area contributed by atoms with E-state index in [1.54, 1.807) is 13.8 Å². The number of hydrogen-bond donors (Lipinski definition) is 2. The number of rotatable bonds is 4. The van der Waals surface area contributed by atoms with Crippen molar-refractivity contribution in [1.82, 2.24) is 0 Å². The average Bonchev–Trinajstić information content (AvgIpc) is 2.79. The van der Waals surface area contributed by atoms with E-state index in [0.717, 1.165) is 0 Å². The molecule has 1 aromatic rings. The minimum atomic E-state index is -0.993. The molecular weight excluding hydrogens is 302 g/mol. The number of carbonyl (C=O) groups is 3. The SMILES string of the molecule is CC(=O)c1cc2c(cc1NC(=O)[C@H]1[C@H](C(=O)O)C1(C)C)OCO2. The van der Waals surface area contributed by atoms with E-state index in [9.17, 15) is 19.5 Å². The number of ketones is 1. The molecule has 1 heterocycles. The Morgan fingerprint density at radius 3 is 2.30 bits per heavy atom. The molecule has 0 bridgehead atoms. The van der Waals surface area contributed by atoms with Gasteiger partial charge in [-0.15, -0.1) is 0 Å². The van der Waals surface area contributed by atoms with Crippen LogP contribution in [0.3, 0.4) is 0 Å². The van der Waals surface area contributed by atoms with Gasteiger partial charge in [-0.2, -0.15) is 0 Å². The molecule has 0 spiro atoms. The van der Waals surface area contributed by atoms with E-state index in [1.807, 2.05) is 0 Å². The van der Waals surface area contributed by atoms with Gasteiger partial charge in [0.25, 0.3) is 0 Å². The predicted octanol–water partition coefficient (Wildman–Crippen LogP) is 1.91. The smallest absolute Gasteiger partial charge is 0.307 e. The van der Waals surface area contributed by atoms with Crippen LogP contribution in [0.1, 0.15) is 31.1 Å². The average molecular weight is 319 g/mol. The van der Waals surface area contributed by atoms with Crippen molar-refractivity contribution in [2.45, 2.75) is 20.8 Å². The number of amides is 1. The van der Waals surface area contributed by atoms with Gasteiger partial charge in [0.15, 0.2) is 17.3 Å². The van der Waals surface area contributed by atoms with E-state index in [1.165, 1.54) is 19.1 Å². The number of nitrogens with one attached hydrogen (secondary N) is 1. The van der Waals surface area contributed by atoms with Crippen LogP contribution < -0.4 is 14.8 Å². The Balaban J connectivity index is 1.87. The van der Waals surface area contributed by atoms with E-state index < -0.39 is 29.1 Å². The minimum absolute atomic E-state index is 0.0564. The van der Waals surface area contributed by atoms with Crippen LogP contribution in [0.4, 0.5) is 5.69 Å². The first kappa shape index (κ1) is 15.3. The third-order valence-corrected chi connectivity index (χ3v) is 4.53. The molecule has 2 N–H and O–H groups in total. The first-order valence-corrected chi connectivity index (χ1v) is 7.21. The van der Waals surface area contributed by atoms with Crippen molar-refractivity contribution in [1.29, 1.82) is 0 Å². The maximum absolute atomic E-state index is 12.4. The second-order valence-electron chi connectivity index (χ2n) is 6.41. The zero-order valence-corrected chi connectivity index (χ0v) is 13.0. The number of fused-ring (bicyclic) bond motifs is 1. The highest BCUT2D eigenvalue weighted by molar-refractivity contribution is 6.06. The monoisotopic (exact) mass is 319 g/mol.